The topological polar surface area (TPSA) is 41.9 Å². The van der Waals surface area contributed by atoms with Gasteiger partial charge in [0.05, 0.1) is 0 Å². The first-order valence-electron chi connectivity index (χ1n) is 9.04. The number of fused-ring (bicyclic) bond motifs is 1. The van der Waals surface area contributed by atoms with E-state index in [1.807, 2.05) is 6.07 Å². The Labute approximate surface area is 149 Å². The highest BCUT2D eigenvalue weighted by Crippen LogP contribution is 2.39. The Balaban J connectivity index is 1.50. The van der Waals surface area contributed by atoms with Gasteiger partial charge in [-0.2, -0.15) is 0 Å². The van der Waals surface area contributed by atoms with E-state index in [1.165, 1.54) is 24.0 Å². The molecule has 25 heavy (non-hydrogen) atoms. The van der Waals surface area contributed by atoms with Gasteiger partial charge in [0, 0.05) is 30.8 Å². The van der Waals surface area contributed by atoms with Crippen LogP contribution in [0.15, 0.2) is 36.4 Å². The van der Waals surface area contributed by atoms with E-state index in [1.54, 1.807) is 6.07 Å². The van der Waals surface area contributed by atoms with Gasteiger partial charge in [-0.05, 0) is 36.0 Å². The van der Waals surface area contributed by atoms with Crippen molar-refractivity contribution >= 4 is 0 Å². The molecule has 2 aliphatic rings. The molecule has 0 spiro atoms. The third-order valence-electron chi connectivity index (χ3n) is 5.04. The molecule has 0 aromatic heterocycles. The Kier molecular flexibility index (Phi) is 4.30. The second-order valence-corrected chi connectivity index (χ2v) is 7.37. The Morgan fingerprint density at radius 1 is 1.04 bits per heavy atom. The molecule has 0 atom stereocenters. The minimum absolute atomic E-state index is 0.229. The minimum atomic E-state index is 0.229. The molecule has 1 aliphatic heterocycles. The molecule has 0 saturated heterocycles. The molecule has 4 nitrogen and oxygen atoms in total. The van der Waals surface area contributed by atoms with Crippen LogP contribution < -0.4 is 9.47 Å². The van der Waals surface area contributed by atoms with Gasteiger partial charge < -0.3 is 14.6 Å². The zero-order chi connectivity index (χ0) is 17.4. The molecule has 4 heteroatoms. The molecule has 1 aliphatic carbocycles. The standard InChI is InChI=1S/C21H25NO3/c1-14(2)16-5-3-15(4-6-16)11-22(18-7-8-18)12-17-9-20-21(10-19(17)23)25-13-24-20/h3-6,9-10,14,18,23H,7-8,11-13H2,1-2H3. The lowest BCUT2D eigenvalue weighted by atomic mass is 10.0. The lowest BCUT2D eigenvalue weighted by Gasteiger charge is -2.23. The van der Waals surface area contributed by atoms with Gasteiger partial charge in [0.25, 0.3) is 0 Å². The molecule has 1 fully saturated rings. The number of aromatic hydroxyl groups is 1. The summed E-state index contributed by atoms with van der Waals surface area (Å²) >= 11 is 0. The average molecular weight is 339 g/mol. The smallest absolute Gasteiger partial charge is 0.231 e. The molecule has 1 saturated carbocycles. The predicted molar refractivity (Wildman–Crippen MR) is 97.0 cm³/mol. The molecule has 0 unspecified atom stereocenters. The van der Waals surface area contributed by atoms with E-state index in [2.05, 4.69) is 43.0 Å². The van der Waals surface area contributed by atoms with Crippen LogP contribution >= 0.6 is 0 Å². The molecule has 2 aromatic rings. The maximum atomic E-state index is 10.3. The van der Waals surface area contributed by atoms with Crippen LogP contribution in [0.25, 0.3) is 0 Å². The first kappa shape index (κ1) is 16.3. The van der Waals surface area contributed by atoms with Crippen LogP contribution in [0.4, 0.5) is 0 Å². The van der Waals surface area contributed by atoms with Crippen molar-refractivity contribution in [1.29, 1.82) is 0 Å². The van der Waals surface area contributed by atoms with Crippen molar-refractivity contribution in [2.45, 2.75) is 51.7 Å². The van der Waals surface area contributed by atoms with Crippen molar-refractivity contribution < 1.29 is 14.6 Å². The summed E-state index contributed by atoms with van der Waals surface area (Å²) in [7, 11) is 0. The van der Waals surface area contributed by atoms with Crippen LogP contribution in [0.5, 0.6) is 17.2 Å². The molecule has 0 radical (unpaired) electrons. The molecular weight excluding hydrogens is 314 g/mol. The van der Waals surface area contributed by atoms with Gasteiger partial charge in [0.1, 0.15) is 5.75 Å². The summed E-state index contributed by atoms with van der Waals surface area (Å²) in [5, 5.41) is 10.3. The predicted octanol–water partition coefficient (Wildman–Crippen LogP) is 4.41. The van der Waals surface area contributed by atoms with E-state index in [0.29, 0.717) is 17.7 Å². The normalized spacial score (nSPS) is 16.0. The van der Waals surface area contributed by atoms with Crippen LogP contribution in [-0.4, -0.2) is 22.8 Å². The highest BCUT2D eigenvalue weighted by molar-refractivity contribution is 5.51. The zero-order valence-corrected chi connectivity index (χ0v) is 14.9. The summed E-state index contributed by atoms with van der Waals surface area (Å²) in [6.07, 6.45) is 2.46. The average Bonchev–Trinajstić information content (AvgIpc) is 3.35. The van der Waals surface area contributed by atoms with Gasteiger partial charge in [-0.3, -0.25) is 4.90 Å². The number of phenolic OH excluding ortho intramolecular Hbond substituents is 1. The maximum Gasteiger partial charge on any atom is 0.231 e. The summed E-state index contributed by atoms with van der Waals surface area (Å²) in [6, 6.07) is 13.1. The van der Waals surface area contributed by atoms with Crippen molar-refractivity contribution in [2.75, 3.05) is 6.79 Å². The van der Waals surface area contributed by atoms with Gasteiger partial charge in [0.15, 0.2) is 11.5 Å². The van der Waals surface area contributed by atoms with Gasteiger partial charge in [-0.25, -0.2) is 0 Å². The first-order valence-corrected chi connectivity index (χ1v) is 9.04. The summed E-state index contributed by atoms with van der Waals surface area (Å²) in [4.78, 5) is 2.45. The number of hydrogen-bond donors (Lipinski definition) is 1. The molecule has 1 heterocycles. The lowest BCUT2D eigenvalue weighted by Crippen LogP contribution is -2.25. The Hall–Kier alpha value is -2.20. The largest absolute Gasteiger partial charge is 0.507 e. The number of nitrogens with zero attached hydrogens (tertiary/aromatic N) is 1. The van der Waals surface area contributed by atoms with Crippen LogP contribution in [0.3, 0.4) is 0 Å². The van der Waals surface area contributed by atoms with Gasteiger partial charge in [0.2, 0.25) is 6.79 Å². The van der Waals surface area contributed by atoms with E-state index < -0.39 is 0 Å². The third kappa shape index (κ3) is 3.59. The van der Waals surface area contributed by atoms with E-state index in [4.69, 9.17) is 9.47 Å². The summed E-state index contributed by atoms with van der Waals surface area (Å²) in [5.41, 5.74) is 3.58. The molecule has 1 N–H and O–H groups in total. The Morgan fingerprint density at radius 2 is 1.72 bits per heavy atom. The monoisotopic (exact) mass is 339 g/mol. The molecule has 2 aromatic carbocycles. The van der Waals surface area contributed by atoms with Crippen molar-refractivity contribution in [3.05, 3.63) is 53.1 Å². The van der Waals surface area contributed by atoms with Crippen molar-refractivity contribution in [3.63, 3.8) is 0 Å². The fourth-order valence-corrected chi connectivity index (χ4v) is 3.32. The summed E-state index contributed by atoms with van der Waals surface area (Å²) in [6.45, 7) is 6.28. The molecular formula is C21H25NO3. The van der Waals surface area contributed by atoms with E-state index in [0.717, 1.165) is 24.4 Å². The molecule has 132 valence electrons. The van der Waals surface area contributed by atoms with E-state index >= 15 is 0 Å². The number of hydrogen-bond acceptors (Lipinski definition) is 4. The minimum Gasteiger partial charge on any atom is -0.507 e. The second-order valence-electron chi connectivity index (χ2n) is 7.37. The van der Waals surface area contributed by atoms with Gasteiger partial charge in [-0.1, -0.05) is 38.1 Å². The molecule has 0 bridgehead atoms. The number of ether oxygens (including phenoxy) is 2. The van der Waals surface area contributed by atoms with Crippen molar-refractivity contribution in [3.8, 4) is 17.2 Å². The Morgan fingerprint density at radius 3 is 2.36 bits per heavy atom. The number of benzene rings is 2. The van der Waals surface area contributed by atoms with Crippen LogP contribution in [0.2, 0.25) is 0 Å². The highest BCUT2D eigenvalue weighted by atomic mass is 16.7. The fourth-order valence-electron chi connectivity index (χ4n) is 3.32. The third-order valence-corrected chi connectivity index (χ3v) is 5.04. The van der Waals surface area contributed by atoms with Crippen LogP contribution in [0.1, 0.15) is 49.3 Å². The second kappa shape index (κ2) is 6.60. The first-order chi connectivity index (χ1) is 12.1. The quantitative estimate of drug-likeness (QED) is 0.846. The zero-order valence-electron chi connectivity index (χ0n) is 14.9. The van der Waals surface area contributed by atoms with E-state index in [9.17, 15) is 5.11 Å². The van der Waals surface area contributed by atoms with Crippen molar-refractivity contribution in [2.24, 2.45) is 0 Å². The Bertz CT molecular complexity index is 750. The van der Waals surface area contributed by atoms with Gasteiger partial charge in [-0.15, -0.1) is 0 Å². The maximum absolute atomic E-state index is 10.3. The molecule has 0 amide bonds. The molecule has 4 rings (SSSR count). The fraction of sp³-hybridized carbons (Fsp3) is 0.429. The van der Waals surface area contributed by atoms with Crippen molar-refractivity contribution in [1.82, 2.24) is 4.90 Å². The van der Waals surface area contributed by atoms with Crippen LogP contribution in [-0.2, 0) is 13.1 Å². The highest BCUT2D eigenvalue weighted by Gasteiger charge is 2.30. The van der Waals surface area contributed by atoms with E-state index in [-0.39, 0.29) is 12.5 Å². The SMILES string of the molecule is CC(C)c1ccc(CN(Cc2cc3c(cc2O)OCO3)C2CC2)cc1. The summed E-state index contributed by atoms with van der Waals surface area (Å²) in [5.74, 6) is 2.19. The lowest BCUT2D eigenvalue weighted by molar-refractivity contribution is 0.173. The number of rotatable bonds is 6. The van der Waals surface area contributed by atoms with Gasteiger partial charge >= 0.3 is 0 Å². The summed E-state index contributed by atoms with van der Waals surface area (Å²) < 4.78 is 10.8. The van der Waals surface area contributed by atoms with Crippen LogP contribution in [0, 0.1) is 0 Å². The number of phenols is 1.